The van der Waals surface area contributed by atoms with Gasteiger partial charge in [-0.2, -0.15) is 0 Å². The quantitative estimate of drug-likeness (QED) is 0.395. The molecule has 2 saturated heterocycles. The summed E-state index contributed by atoms with van der Waals surface area (Å²) in [6, 6.07) is 8.32. The van der Waals surface area contributed by atoms with Gasteiger partial charge in [-0.15, -0.1) is 0 Å². The van der Waals surface area contributed by atoms with E-state index in [0.29, 0.717) is 0 Å². The number of nitrogens with zero attached hydrogens (tertiary/aromatic N) is 2. The largest absolute Gasteiger partial charge is 0.345 e. The van der Waals surface area contributed by atoms with Gasteiger partial charge in [0.1, 0.15) is 0 Å². The van der Waals surface area contributed by atoms with Crippen molar-refractivity contribution < 1.29 is 19.1 Å². The second-order valence-electron chi connectivity index (χ2n) is 12.8. The van der Waals surface area contributed by atoms with Gasteiger partial charge in [-0.1, -0.05) is 29.8 Å². The Kier molecular flexibility index (Phi) is 7.27. The number of benzene rings is 1. The Labute approximate surface area is 206 Å². The monoisotopic (exact) mass is 472 g/mol. The third kappa shape index (κ3) is 5.49. The fourth-order valence-electron chi connectivity index (χ4n) is 6.43. The van der Waals surface area contributed by atoms with Gasteiger partial charge in [-0.05, 0) is 88.0 Å². The van der Waals surface area contributed by atoms with Crippen molar-refractivity contribution in [2.45, 2.75) is 129 Å². The summed E-state index contributed by atoms with van der Waals surface area (Å²) in [5.74, 6) is 0. The van der Waals surface area contributed by atoms with E-state index in [0.717, 1.165) is 44.1 Å². The summed E-state index contributed by atoms with van der Waals surface area (Å²) in [5, 5.41) is 0. The lowest BCUT2D eigenvalue weighted by Gasteiger charge is -2.54. The van der Waals surface area contributed by atoms with Crippen LogP contribution < -0.4 is 0 Å². The molecule has 0 atom stereocenters. The summed E-state index contributed by atoms with van der Waals surface area (Å²) >= 11 is 0. The topological polar surface area (TPSA) is 59.1 Å². The summed E-state index contributed by atoms with van der Waals surface area (Å²) in [6.45, 7) is 18.9. The highest BCUT2D eigenvalue weighted by molar-refractivity contribution is 5.51. The Balaban J connectivity index is 1.87. The van der Waals surface area contributed by atoms with E-state index in [1.807, 2.05) is 9.80 Å². The van der Waals surface area contributed by atoms with Crippen molar-refractivity contribution in [1.29, 1.82) is 0 Å². The van der Waals surface area contributed by atoms with E-state index in [2.05, 4.69) is 86.6 Å². The lowest BCUT2D eigenvalue weighted by Crippen LogP contribution is -2.62. The van der Waals surface area contributed by atoms with Gasteiger partial charge in [-0.3, -0.25) is 9.59 Å². The summed E-state index contributed by atoms with van der Waals surface area (Å²) in [4.78, 5) is 27.5. The highest BCUT2D eigenvalue weighted by Crippen LogP contribution is 2.43. The van der Waals surface area contributed by atoms with Crippen molar-refractivity contribution in [2.24, 2.45) is 0 Å². The molecule has 1 aromatic carbocycles. The van der Waals surface area contributed by atoms with Gasteiger partial charge in [0.15, 0.2) is 6.29 Å². The second kappa shape index (κ2) is 9.27. The SMILES string of the molecule is Cc1ccc(C(OC2CC(C)(C)N(C=O)C(C)(C)C2)OC2CC(C)(C)N(C=O)C(C)(C)C2)cc1. The maximum absolute atomic E-state index is 11.8. The molecule has 34 heavy (non-hydrogen) atoms. The van der Waals surface area contributed by atoms with Crippen LogP contribution in [0.15, 0.2) is 24.3 Å². The average Bonchev–Trinajstić information content (AvgIpc) is 2.65. The Morgan fingerprint density at radius 3 is 1.32 bits per heavy atom. The van der Waals surface area contributed by atoms with E-state index in [-0.39, 0.29) is 34.4 Å². The highest BCUT2D eigenvalue weighted by Gasteiger charge is 2.48. The number of amides is 2. The van der Waals surface area contributed by atoms with Crippen LogP contribution in [0, 0.1) is 6.92 Å². The van der Waals surface area contributed by atoms with Crippen molar-refractivity contribution >= 4 is 12.8 Å². The van der Waals surface area contributed by atoms with E-state index >= 15 is 0 Å². The smallest absolute Gasteiger partial charge is 0.210 e. The lowest BCUT2D eigenvalue weighted by atomic mass is 9.78. The number of piperidine rings is 2. The fourth-order valence-corrected chi connectivity index (χ4v) is 6.43. The molecule has 2 aliphatic heterocycles. The first kappa shape index (κ1) is 26.7. The predicted octanol–water partition coefficient (Wildman–Crippen LogP) is 5.38. The van der Waals surface area contributed by atoms with Crippen LogP contribution in [0.1, 0.15) is 98.5 Å². The van der Waals surface area contributed by atoms with Crippen molar-refractivity contribution in [2.75, 3.05) is 0 Å². The van der Waals surface area contributed by atoms with Gasteiger partial charge >= 0.3 is 0 Å². The molecule has 2 amide bonds. The molecule has 6 heteroatoms. The van der Waals surface area contributed by atoms with Gasteiger partial charge in [0.25, 0.3) is 0 Å². The lowest BCUT2D eigenvalue weighted by molar-refractivity contribution is -0.237. The zero-order valence-corrected chi connectivity index (χ0v) is 22.6. The van der Waals surface area contributed by atoms with E-state index in [1.54, 1.807) is 0 Å². The molecule has 6 nitrogen and oxygen atoms in total. The molecule has 0 aliphatic carbocycles. The standard InChI is InChI=1S/C28H44N2O4/c1-20-10-12-21(13-11-20)24(33-22-14-25(2,3)29(18-31)26(4,5)15-22)34-23-16-27(6,7)30(19-32)28(8,9)17-23/h10-13,18-19,22-24H,14-17H2,1-9H3. The summed E-state index contributed by atoms with van der Waals surface area (Å²) in [7, 11) is 0. The molecule has 0 spiro atoms. The maximum Gasteiger partial charge on any atom is 0.210 e. The summed E-state index contributed by atoms with van der Waals surface area (Å²) in [5.41, 5.74) is 0.922. The summed E-state index contributed by atoms with van der Waals surface area (Å²) in [6.07, 6.45) is 4.27. The predicted molar refractivity (Wildman–Crippen MR) is 134 cm³/mol. The molecule has 0 aromatic heterocycles. The number of likely N-dealkylation sites (tertiary alicyclic amines) is 2. The molecule has 2 fully saturated rings. The minimum Gasteiger partial charge on any atom is -0.345 e. The molecule has 2 aliphatic rings. The van der Waals surface area contributed by atoms with Crippen LogP contribution in [0.25, 0.3) is 0 Å². The first-order chi connectivity index (χ1) is 15.6. The molecule has 0 unspecified atom stereocenters. The first-order valence-electron chi connectivity index (χ1n) is 12.5. The number of ether oxygens (including phenoxy) is 2. The second-order valence-corrected chi connectivity index (χ2v) is 12.8. The molecule has 0 N–H and O–H groups in total. The van der Waals surface area contributed by atoms with E-state index < -0.39 is 6.29 Å². The van der Waals surface area contributed by atoms with Crippen LogP contribution in [-0.4, -0.2) is 57.0 Å². The Hall–Kier alpha value is -1.92. The first-order valence-corrected chi connectivity index (χ1v) is 12.5. The summed E-state index contributed by atoms with van der Waals surface area (Å²) < 4.78 is 13.5. The van der Waals surface area contributed by atoms with E-state index in [4.69, 9.17) is 9.47 Å². The zero-order valence-electron chi connectivity index (χ0n) is 22.6. The van der Waals surface area contributed by atoms with Crippen LogP contribution >= 0.6 is 0 Å². The van der Waals surface area contributed by atoms with Crippen molar-refractivity contribution in [1.82, 2.24) is 9.80 Å². The molecule has 2 heterocycles. The van der Waals surface area contributed by atoms with Crippen LogP contribution in [0.4, 0.5) is 0 Å². The van der Waals surface area contributed by atoms with Crippen LogP contribution in [0.3, 0.4) is 0 Å². The third-order valence-electron chi connectivity index (χ3n) is 7.71. The molecule has 190 valence electrons. The Morgan fingerprint density at radius 1 is 0.706 bits per heavy atom. The Morgan fingerprint density at radius 2 is 1.03 bits per heavy atom. The number of hydrogen-bond donors (Lipinski definition) is 0. The third-order valence-corrected chi connectivity index (χ3v) is 7.71. The number of carbonyl (C=O) groups is 2. The van der Waals surface area contributed by atoms with E-state index in [1.165, 1.54) is 5.56 Å². The van der Waals surface area contributed by atoms with Gasteiger partial charge in [-0.25, -0.2) is 0 Å². The molecule has 0 bridgehead atoms. The van der Waals surface area contributed by atoms with Gasteiger partial charge in [0.05, 0.1) is 12.2 Å². The fraction of sp³-hybridized carbons (Fsp3) is 0.714. The van der Waals surface area contributed by atoms with Crippen LogP contribution in [-0.2, 0) is 19.1 Å². The molecule has 0 saturated carbocycles. The maximum atomic E-state index is 11.8. The molecular formula is C28H44N2O4. The average molecular weight is 473 g/mol. The minimum atomic E-state index is -0.514. The van der Waals surface area contributed by atoms with Crippen molar-refractivity contribution in [3.05, 3.63) is 35.4 Å². The van der Waals surface area contributed by atoms with Gasteiger partial charge in [0, 0.05) is 27.7 Å². The minimum absolute atomic E-state index is 0.0522. The van der Waals surface area contributed by atoms with Crippen LogP contribution in [0.5, 0.6) is 0 Å². The van der Waals surface area contributed by atoms with Crippen molar-refractivity contribution in [3.63, 3.8) is 0 Å². The van der Waals surface area contributed by atoms with Crippen molar-refractivity contribution in [3.8, 4) is 0 Å². The molecule has 0 radical (unpaired) electrons. The highest BCUT2D eigenvalue weighted by atomic mass is 16.7. The Bertz CT molecular complexity index is 789. The molecule has 3 rings (SSSR count). The van der Waals surface area contributed by atoms with Crippen LogP contribution in [0.2, 0.25) is 0 Å². The molecular weight excluding hydrogens is 428 g/mol. The van der Waals surface area contributed by atoms with Gasteiger partial charge in [0.2, 0.25) is 12.8 Å². The number of hydrogen-bond acceptors (Lipinski definition) is 4. The zero-order chi connectivity index (χ0) is 25.5. The normalized spacial score (nSPS) is 24.3. The van der Waals surface area contributed by atoms with Gasteiger partial charge < -0.3 is 19.3 Å². The molecule has 1 aromatic rings. The number of carbonyl (C=O) groups excluding carboxylic acids is 2. The number of rotatable bonds is 7. The van der Waals surface area contributed by atoms with E-state index in [9.17, 15) is 9.59 Å². The number of aryl methyl sites for hydroxylation is 1.